The molecule has 0 saturated heterocycles. The van der Waals surface area contributed by atoms with E-state index in [4.69, 9.17) is 9.47 Å². The molecule has 0 aliphatic rings. The van der Waals surface area contributed by atoms with Crippen LogP contribution in [-0.2, 0) is 9.47 Å². The lowest BCUT2D eigenvalue weighted by molar-refractivity contribution is -0.142. The molecule has 0 saturated carbocycles. The van der Waals surface area contributed by atoms with Gasteiger partial charge in [0, 0.05) is 26.2 Å². The minimum Gasteiger partial charge on any atom is -0.353 e. The van der Waals surface area contributed by atoms with E-state index in [0.717, 1.165) is 0 Å². The van der Waals surface area contributed by atoms with Gasteiger partial charge in [0.25, 0.3) is 0 Å². The minimum atomic E-state index is -4.16. The predicted molar refractivity (Wildman–Crippen MR) is 50.6 cm³/mol. The van der Waals surface area contributed by atoms with E-state index in [1.54, 1.807) is 0 Å². The SMILES string of the molecule is CCOC(CCNCC(F)(F)F)OCC. The fourth-order valence-corrected chi connectivity index (χ4v) is 1.04. The van der Waals surface area contributed by atoms with E-state index >= 15 is 0 Å². The topological polar surface area (TPSA) is 30.5 Å². The first kappa shape index (κ1) is 14.7. The second-order valence-corrected chi connectivity index (χ2v) is 2.92. The fourth-order valence-electron chi connectivity index (χ4n) is 1.04. The molecule has 0 spiro atoms. The third-order valence-corrected chi connectivity index (χ3v) is 1.59. The molecule has 15 heavy (non-hydrogen) atoms. The van der Waals surface area contributed by atoms with Crippen LogP contribution < -0.4 is 5.32 Å². The highest BCUT2D eigenvalue weighted by Crippen LogP contribution is 2.12. The highest BCUT2D eigenvalue weighted by atomic mass is 19.4. The summed E-state index contributed by atoms with van der Waals surface area (Å²) in [6.45, 7) is 3.86. The maximum Gasteiger partial charge on any atom is 0.401 e. The zero-order valence-corrected chi connectivity index (χ0v) is 9.06. The monoisotopic (exact) mass is 229 g/mol. The number of hydrogen-bond acceptors (Lipinski definition) is 3. The summed E-state index contributed by atoms with van der Waals surface area (Å²) in [5.41, 5.74) is 0. The average molecular weight is 229 g/mol. The number of halogens is 3. The summed E-state index contributed by atoms with van der Waals surface area (Å²) >= 11 is 0. The maximum atomic E-state index is 11.8. The minimum absolute atomic E-state index is 0.226. The van der Waals surface area contributed by atoms with Gasteiger partial charge in [-0.25, -0.2) is 0 Å². The van der Waals surface area contributed by atoms with E-state index in [2.05, 4.69) is 5.32 Å². The summed E-state index contributed by atoms with van der Waals surface area (Å²) in [7, 11) is 0. The second kappa shape index (κ2) is 7.90. The molecule has 0 aromatic carbocycles. The number of alkyl halides is 3. The van der Waals surface area contributed by atoms with Crippen molar-refractivity contribution in [2.75, 3.05) is 26.3 Å². The Kier molecular flexibility index (Phi) is 7.72. The van der Waals surface area contributed by atoms with Crippen LogP contribution in [0.25, 0.3) is 0 Å². The highest BCUT2D eigenvalue weighted by molar-refractivity contribution is 4.57. The predicted octanol–water partition coefficient (Wildman–Crippen LogP) is 1.93. The van der Waals surface area contributed by atoms with Crippen LogP contribution in [0.3, 0.4) is 0 Å². The van der Waals surface area contributed by atoms with Crippen LogP contribution >= 0.6 is 0 Å². The molecule has 3 nitrogen and oxygen atoms in total. The van der Waals surface area contributed by atoms with Gasteiger partial charge in [-0.15, -0.1) is 0 Å². The van der Waals surface area contributed by atoms with Gasteiger partial charge in [0.15, 0.2) is 6.29 Å². The molecule has 0 aliphatic carbocycles. The van der Waals surface area contributed by atoms with E-state index in [0.29, 0.717) is 19.6 Å². The van der Waals surface area contributed by atoms with E-state index in [1.807, 2.05) is 13.8 Å². The van der Waals surface area contributed by atoms with Gasteiger partial charge >= 0.3 is 6.18 Å². The van der Waals surface area contributed by atoms with Crippen LogP contribution in [0, 0.1) is 0 Å². The van der Waals surface area contributed by atoms with E-state index < -0.39 is 19.0 Å². The molecular weight excluding hydrogens is 211 g/mol. The van der Waals surface area contributed by atoms with Gasteiger partial charge in [-0.2, -0.15) is 13.2 Å². The van der Waals surface area contributed by atoms with Crippen molar-refractivity contribution in [1.82, 2.24) is 5.32 Å². The van der Waals surface area contributed by atoms with Gasteiger partial charge in [-0.05, 0) is 13.8 Å². The molecule has 0 aromatic heterocycles. The Labute approximate surface area is 87.9 Å². The Morgan fingerprint density at radius 1 is 1.13 bits per heavy atom. The molecule has 1 N–H and O–H groups in total. The third-order valence-electron chi connectivity index (χ3n) is 1.59. The molecule has 0 bridgehead atoms. The van der Waals surface area contributed by atoms with Crippen LogP contribution in [0.1, 0.15) is 20.3 Å². The summed E-state index contributed by atoms with van der Waals surface area (Å²) < 4.78 is 45.6. The zero-order chi connectivity index (χ0) is 11.7. The van der Waals surface area contributed by atoms with Crippen LogP contribution in [0.5, 0.6) is 0 Å². The Hall–Kier alpha value is -0.330. The zero-order valence-electron chi connectivity index (χ0n) is 9.06. The van der Waals surface area contributed by atoms with Crippen molar-refractivity contribution in [3.8, 4) is 0 Å². The summed E-state index contributed by atoms with van der Waals surface area (Å²) in [5, 5.41) is 2.29. The molecule has 6 heteroatoms. The third kappa shape index (κ3) is 9.96. The van der Waals surface area contributed by atoms with Gasteiger partial charge in [-0.1, -0.05) is 0 Å². The molecule has 0 radical (unpaired) electrons. The van der Waals surface area contributed by atoms with Gasteiger partial charge in [-0.3, -0.25) is 0 Å². The molecule has 0 heterocycles. The first-order valence-electron chi connectivity index (χ1n) is 5.00. The Balaban J connectivity index is 3.52. The number of ether oxygens (including phenoxy) is 2. The molecule has 0 unspecified atom stereocenters. The summed E-state index contributed by atoms with van der Waals surface area (Å²) in [6, 6.07) is 0. The fraction of sp³-hybridized carbons (Fsp3) is 1.00. The number of nitrogens with one attached hydrogen (secondary N) is 1. The van der Waals surface area contributed by atoms with Gasteiger partial charge in [0.1, 0.15) is 0 Å². The van der Waals surface area contributed by atoms with Crippen molar-refractivity contribution in [2.45, 2.75) is 32.7 Å². The molecule has 0 atom stereocenters. The van der Waals surface area contributed by atoms with Gasteiger partial charge in [0.05, 0.1) is 6.54 Å². The lowest BCUT2D eigenvalue weighted by Crippen LogP contribution is -2.32. The van der Waals surface area contributed by atoms with Crippen molar-refractivity contribution in [3.05, 3.63) is 0 Å². The van der Waals surface area contributed by atoms with E-state index in [1.165, 1.54) is 0 Å². The first-order chi connectivity index (χ1) is 6.99. The van der Waals surface area contributed by atoms with Crippen LogP contribution in [0.2, 0.25) is 0 Å². The van der Waals surface area contributed by atoms with Crippen molar-refractivity contribution < 1.29 is 22.6 Å². The van der Waals surface area contributed by atoms with Gasteiger partial charge in [0.2, 0.25) is 0 Å². The maximum absolute atomic E-state index is 11.8. The molecule has 0 rings (SSSR count). The quantitative estimate of drug-likeness (QED) is 0.509. The molecule has 0 aliphatic heterocycles. The van der Waals surface area contributed by atoms with Crippen molar-refractivity contribution in [1.29, 1.82) is 0 Å². The smallest absolute Gasteiger partial charge is 0.353 e. The Morgan fingerprint density at radius 2 is 1.67 bits per heavy atom. The lowest BCUT2D eigenvalue weighted by atomic mass is 10.4. The number of hydrogen-bond donors (Lipinski definition) is 1. The lowest BCUT2D eigenvalue weighted by Gasteiger charge is -2.17. The molecule has 0 aromatic rings. The van der Waals surface area contributed by atoms with Crippen molar-refractivity contribution in [2.24, 2.45) is 0 Å². The van der Waals surface area contributed by atoms with Crippen LogP contribution in [0.4, 0.5) is 13.2 Å². The van der Waals surface area contributed by atoms with Crippen molar-refractivity contribution in [3.63, 3.8) is 0 Å². The normalized spacial score (nSPS) is 12.4. The summed E-state index contributed by atoms with van der Waals surface area (Å²) in [4.78, 5) is 0. The van der Waals surface area contributed by atoms with Crippen LogP contribution in [-0.4, -0.2) is 38.8 Å². The Bertz CT molecular complexity index is 147. The second-order valence-electron chi connectivity index (χ2n) is 2.92. The number of rotatable bonds is 8. The summed E-state index contributed by atoms with van der Waals surface area (Å²) in [6.07, 6.45) is -4.16. The average Bonchev–Trinajstić information content (AvgIpc) is 2.11. The van der Waals surface area contributed by atoms with Gasteiger partial charge < -0.3 is 14.8 Å². The molecule has 0 amide bonds. The van der Waals surface area contributed by atoms with E-state index in [9.17, 15) is 13.2 Å². The highest BCUT2D eigenvalue weighted by Gasteiger charge is 2.26. The van der Waals surface area contributed by atoms with Crippen molar-refractivity contribution >= 4 is 0 Å². The largest absolute Gasteiger partial charge is 0.401 e. The molecular formula is C9H18F3NO2. The Morgan fingerprint density at radius 3 is 2.07 bits per heavy atom. The first-order valence-corrected chi connectivity index (χ1v) is 5.00. The standard InChI is InChI=1S/C9H18F3NO2/c1-3-14-8(15-4-2)5-6-13-7-9(10,11)12/h8,13H,3-7H2,1-2H3. The summed E-state index contributed by atoms with van der Waals surface area (Å²) in [5.74, 6) is 0. The van der Waals surface area contributed by atoms with E-state index in [-0.39, 0.29) is 6.54 Å². The molecule has 0 fully saturated rings. The molecule has 92 valence electrons. The van der Waals surface area contributed by atoms with Crippen LogP contribution in [0.15, 0.2) is 0 Å².